The van der Waals surface area contributed by atoms with Crippen LogP contribution in [0.2, 0.25) is 5.02 Å². The summed E-state index contributed by atoms with van der Waals surface area (Å²) in [6.07, 6.45) is 2.64. The lowest BCUT2D eigenvalue weighted by Gasteiger charge is -2.00. The van der Waals surface area contributed by atoms with Crippen molar-refractivity contribution in [3.63, 3.8) is 0 Å². The molecule has 0 unspecified atom stereocenters. The Kier molecular flexibility index (Phi) is 2.56. The van der Waals surface area contributed by atoms with Gasteiger partial charge in [0.25, 0.3) is 0 Å². The first-order chi connectivity index (χ1) is 8.20. The first kappa shape index (κ1) is 10.7. The molecule has 0 saturated heterocycles. The van der Waals surface area contributed by atoms with Crippen LogP contribution >= 0.6 is 11.6 Å². The Morgan fingerprint density at radius 1 is 1.41 bits per heavy atom. The predicted octanol–water partition coefficient (Wildman–Crippen LogP) is 2.64. The average Bonchev–Trinajstić information content (AvgIpc) is 2.97. The maximum absolute atomic E-state index is 11.6. The molecule has 1 aromatic carbocycles. The Morgan fingerprint density at radius 3 is 3.00 bits per heavy atom. The van der Waals surface area contributed by atoms with Gasteiger partial charge in [-0.05, 0) is 37.1 Å². The molecule has 1 saturated carbocycles. The van der Waals surface area contributed by atoms with Crippen molar-refractivity contribution in [2.24, 2.45) is 0 Å². The van der Waals surface area contributed by atoms with E-state index < -0.39 is 0 Å². The molecule has 88 valence electrons. The Hall–Kier alpha value is -1.48. The van der Waals surface area contributed by atoms with Crippen molar-refractivity contribution in [2.45, 2.75) is 25.3 Å². The Balaban J connectivity index is 1.77. The number of fused-ring (bicyclic) bond motifs is 1. The van der Waals surface area contributed by atoms with Crippen molar-refractivity contribution in [3.05, 3.63) is 35.0 Å². The second-order valence-corrected chi connectivity index (χ2v) is 4.98. The van der Waals surface area contributed by atoms with Gasteiger partial charge in [-0.25, -0.2) is 0 Å². The van der Waals surface area contributed by atoms with E-state index in [4.69, 9.17) is 11.6 Å². The summed E-state index contributed by atoms with van der Waals surface area (Å²) in [5.74, 6) is 0.0881. The number of carbonyl (C=O) groups excluding carboxylic acids is 1. The van der Waals surface area contributed by atoms with Crippen molar-refractivity contribution in [1.82, 2.24) is 10.3 Å². The predicted molar refractivity (Wildman–Crippen MR) is 68.2 cm³/mol. The van der Waals surface area contributed by atoms with Crippen LogP contribution in [0.3, 0.4) is 0 Å². The maximum Gasteiger partial charge on any atom is 0.226 e. The van der Waals surface area contributed by atoms with Crippen LogP contribution in [0.15, 0.2) is 24.3 Å². The largest absolute Gasteiger partial charge is 0.358 e. The van der Waals surface area contributed by atoms with Gasteiger partial charge in [0.2, 0.25) is 5.91 Å². The zero-order valence-corrected chi connectivity index (χ0v) is 10.1. The van der Waals surface area contributed by atoms with Crippen LogP contribution in [-0.2, 0) is 11.2 Å². The van der Waals surface area contributed by atoms with Gasteiger partial charge >= 0.3 is 0 Å². The molecular weight excluding hydrogens is 236 g/mol. The number of aromatic nitrogens is 1. The van der Waals surface area contributed by atoms with E-state index in [0.717, 1.165) is 29.4 Å². The van der Waals surface area contributed by atoms with Crippen LogP contribution in [0.25, 0.3) is 10.9 Å². The summed E-state index contributed by atoms with van der Waals surface area (Å²) in [5, 5.41) is 4.73. The molecule has 1 aliphatic rings. The molecule has 1 aromatic heterocycles. The van der Waals surface area contributed by atoms with Crippen LogP contribution in [0.5, 0.6) is 0 Å². The fourth-order valence-corrected chi connectivity index (χ4v) is 2.12. The summed E-state index contributed by atoms with van der Waals surface area (Å²) in [6, 6.07) is 8.07. The second kappa shape index (κ2) is 4.08. The molecule has 1 heterocycles. The van der Waals surface area contributed by atoms with E-state index in [-0.39, 0.29) is 5.91 Å². The highest BCUT2D eigenvalue weighted by atomic mass is 35.5. The standard InChI is InChI=1S/C13H13ClN2O/c14-9-1-4-12-8(5-9)6-11(15-12)7-13(17)16-10-2-3-10/h1,4-6,10,15H,2-3,7H2,(H,16,17). The molecule has 2 N–H and O–H groups in total. The van der Waals surface area contributed by atoms with Crippen molar-refractivity contribution >= 4 is 28.4 Å². The van der Waals surface area contributed by atoms with E-state index in [0.29, 0.717) is 17.5 Å². The van der Waals surface area contributed by atoms with Crippen LogP contribution in [0.4, 0.5) is 0 Å². The van der Waals surface area contributed by atoms with Gasteiger partial charge in [-0.15, -0.1) is 0 Å². The minimum atomic E-state index is 0.0881. The summed E-state index contributed by atoms with van der Waals surface area (Å²) in [6.45, 7) is 0. The van der Waals surface area contributed by atoms with Crippen molar-refractivity contribution < 1.29 is 4.79 Å². The fraction of sp³-hybridized carbons (Fsp3) is 0.308. The third-order valence-corrected chi connectivity index (χ3v) is 3.17. The van der Waals surface area contributed by atoms with Gasteiger partial charge in [-0.1, -0.05) is 11.6 Å². The molecule has 0 radical (unpaired) electrons. The summed E-state index contributed by atoms with van der Waals surface area (Å²) in [4.78, 5) is 14.9. The second-order valence-electron chi connectivity index (χ2n) is 4.54. The lowest BCUT2D eigenvalue weighted by Crippen LogP contribution is -2.27. The molecule has 4 heteroatoms. The van der Waals surface area contributed by atoms with Crippen molar-refractivity contribution in [2.75, 3.05) is 0 Å². The number of carbonyl (C=O) groups is 1. The van der Waals surface area contributed by atoms with Gasteiger partial charge in [0.1, 0.15) is 0 Å². The molecule has 3 rings (SSSR count). The molecule has 0 spiro atoms. The minimum absolute atomic E-state index is 0.0881. The van der Waals surface area contributed by atoms with Crippen molar-refractivity contribution in [3.8, 4) is 0 Å². The van der Waals surface area contributed by atoms with Crippen molar-refractivity contribution in [1.29, 1.82) is 0 Å². The molecular formula is C13H13ClN2O. The highest BCUT2D eigenvalue weighted by Gasteiger charge is 2.23. The average molecular weight is 249 g/mol. The summed E-state index contributed by atoms with van der Waals surface area (Å²) < 4.78 is 0. The number of halogens is 1. The number of hydrogen-bond acceptors (Lipinski definition) is 1. The first-order valence-corrected chi connectivity index (χ1v) is 6.15. The van der Waals surface area contributed by atoms with E-state index >= 15 is 0 Å². The molecule has 0 aliphatic heterocycles. The zero-order valence-electron chi connectivity index (χ0n) is 9.29. The van der Waals surface area contributed by atoms with Crippen LogP contribution in [0, 0.1) is 0 Å². The number of amides is 1. The molecule has 3 nitrogen and oxygen atoms in total. The van der Waals surface area contributed by atoms with Gasteiger partial charge in [0, 0.05) is 27.7 Å². The molecule has 0 bridgehead atoms. The smallest absolute Gasteiger partial charge is 0.226 e. The Morgan fingerprint density at radius 2 is 2.24 bits per heavy atom. The summed E-state index contributed by atoms with van der Waals surface area (Å²) >= 11 is 5.92. The van der Waals surface area contributed by atoms with Crippen LogP contribution in [-0.4, -0.2) is 16.9 Å². The summed E-state index contributed by atoms with van der Waals surface area (Å²) in [5.41, 5.74) is 1.95. The maximum atomic E-state index is 11.6. The van der Waals surface area contributed by atoms with E-state index in [1.807, 2.05) is 24.3 Å². The third kappa shape index (κ3) is 2.44. The molecule has 2 aromatic rings. The monoisotopic (exact) mass is 248 g/mol. The number of H-pyrrole nitrogens is 1. The number of hydrogen-bond donors (Lipinski definition) is 2. The number of benzene rings is 1. The molecule has 1 fully saturated rings. The number of aromatic amines is 1. The zero-order chi connectivity index (χ0) is 11.8. The molecule has 17 heavy (non-hydrogen) atoms. The molecule has 0 atom stereocenters. The highest BCUT2D eigenvalue weighted by Crippen LogP contribution is 2.21. The van der Waals surface area contributed by atoms with Gasteiger partial charge in [-0.2, -0.15) is 0 Å². The lowest BCUT2D eigenvalue weighted by molar-refractivity contribution is -0.120. The van der Waals surface area contributed by atoms with Gasteiger partial charge in [0.05, 0.1) is 6.42 Å². The highest BCUT2D eigenvalue weighted by molar-refractivity contribution is 6.31. The Bertz CT molecular complexity index is 572. The fourth-order valence-electron chi connectivity index (χ4n) is 1.94. The number of rotatable bonds is 3. The SMILES string of the molecule is O=C(Cc1cc2cc(Cl)ccc2[nH]1)NC1CC1. The normalized spacial score (nSPS) is 15.1. The van der Waals surface area contributed by atoms with Gasteiger partial charge < -0.3 is 10.3 Å². The lowest BCUT2D eigenvalue weighted by atomic mass is 10.2. The van der Waals surface area contributed by atoms with E-state index in [9.17, 15) is 4.79 Å². The van der Waals surface area contributed by atoms with E-state index in [1.54, 1.807) is 0 Å². The van der Waals surface area contributed by atoms with E-state index in [2.05, 4.69) is 10.3 Å². The van der Waals surface area contributed by atoms with Crippen LogP contribution < -0.4 is 5.32 Å². The van der Waals surface area contributed by atoms with Gasteiger partial charge in [0.15, 0.2) is 0 Å². The van der Waals surface area contributed by atoms with E-state index in [1.165, 1.54) is 0 Å². The summed E-state index contributed by atoms with van der Waals surface area (Å²) in [7, 11) is 0. The molecule has 1 aliphatic carbocycles. The van der Waals surface area contributed by atoms with Crippen LogP contribution in [0.1, 0.15) is 18.5 Å². The van der Waals surface area contributed by atoms with Gasteiger partial charge in [-0.3, -0.25) is 4.79 Å². The first-order valence-electron chi connectivity index (χ1n) is 5.77. The molecule has 1 amide bonds. The Labute approximate surface area is 104 Å². The topological polar surface area (TPSA) is 44.9 Å². The number of nitrogens with one attached hydrogen (secondary N) is 2. The minimum Gasteiger partial charge on any atom is -0.358 e. The third-order valence-electron chi connectivity index (χ3n) is 2.93. The quantitative estimate of drug-likeness (QED) is 0.862.